The van der Waals surface area contributed by atoms with Crippen molar-refractivity contribution in [1.29, 1.82) is 0 Å². The Hall–Kier alpha value is -2.75. The second kappa shape index (κ2) is 8.89. The summed E-state index contributed by atoms with van der Waals surface area (Å²) in [5.41, 5.74) is -2.02. The third-order valence-electron chi connectivity index (χ3n) is 5.07. The number of alkyl halides is 3. The Morgan fingerprint density at radius 3 is 2.48 bits per heavy atom. The molecule has 0 aliphatic carbocycles. The van der Waals surface area contributed by atoms with Crippen LogP contribution in [0.4, 0.5) is 18.0 Å². The van der Waals surface area contributed by atoms with Crippen LogP contribution in [0.1, 0.15) is 23.1 Å². The van der Waals surface area contributed by atoms with E-state index in [2.05, 4.69) is 15.5 Å². The molecule has 1 aliphatic rings. The van der Waals surface area contributed by atoms with Gasteiger partial charge in [0.25, 0.3) is 5.60 Å². The van der Waals surface area contributed by atoms with Crippen LogP contribution in [-0.2, 0) is 17.0 Å². The van der Waals surface area contributed by atoms with E-state index in [1.165, 1.54) is 35.4 Å². The van der Waals surface area contributed by atoms with Gasteiger partial charge >= 0.3 is 12.2 Å². The van der Waals surface area contributed by atoms with Crippen molar-refractivity contribution < 1.29 is 22.8 Å². The maximum absolute atomic E-state index is 14.1. The maximum atomic E-state index is 14.1. The van der Waals surface area contributed by atoms with Crippen molar-refractivity contribution in [1.82, 2.24) is 14.9 Å². The number of benzene rings is 2. The maximum Gasteiger partial charge on any atom is 0.435 e. The zero-order valence-corrected chi connectivity index (χ0v) is 18.8. The van der Waals surface area contributed by atoms with Crippen molar-refractivity contribution >= 4 is 46.5 Å². The Morgan fingerprint density at radius 1 is 1.15 bits per heavy atom. The van der Waals surface area contributed by atoms with Crippen molar-refractivity contribution in [3.8, 4) is 0 Å². The molecule has 0 radical (unpaired) electrons. The minimum atomic E-state index is -4.80. The van der Waals surface area contributed by atoms with E-state index in [0.717, 1.165) is 12.1 Å². The molecule has 0 fully saturated rings. The molecular weight excluding hydrogens is 504 g/mol. The number of halogens is 6. The highest BCUT2D eigenvalue weighted by Gasteiger charge is 2.62. The van der Waals surface area contributed by atoms with E-state index in [1.807, 2.05) is 0 Å². The molecule has 0 saturated heterocycles. The third kappa shape index (κ3) is 4.66. The van der Waals surface area contributed by atoms with Crippen LogP contribution >= 0.6 is 34.8 Å². The fourth-order valence-corrected chi connectivity index (χ4v) is 4.13. The van der Waals surface area contributed by atoms with Crippen molar-refractivity contribution in [2.45, 2.75) is 24.7 Å². The third-order valence-corrected chi connectivity index (χ3v) is 5.86. The number of rotatable bonds is 4. The lowest BCUT2D eigenvalue weighted by atomic mass is 9.86. The van der Waals surface area contributed by atoms with Gasteiger partial charge in [0.2, 0.25) is 0 Å². The number of carbonyl (C=O) groups is 1. The molecule has 3 aromatic rings. The fourth-order valence-electron chi connectivity index (χ4n) is 3.36. The molecule has 0 saturated carbocycles. The summed E-state index contributed by atoms with van der Waals surface area (Å²) < 4.78 is 43.7. The summed E-state index contributed by atoms with van der Waals surface area (Å²) in [6.45, 7) is 0.104. The van der Waals surface area contributed by atoms with Gasteiger partial charge in [-0.2, -0.15) is 13.2 Å². The lowest BCUT2D eigenvalue weighted by Gasteiger charge is -2.29. The first-order valence-electron chi connectivity index (χ1n) is 9.42. The van der Waals surface area contributed by atoms with Gasteiger partial charge in [0.15, 0.2) is 0 Å². The monoisotopic (exact) mass is 516 g/mol. The normalized spacial score (nSPS) is 18.1. The molecular formula is C21H14Cl3F3N4O2. The van der Waals surface area contributed by atoms with E-state index < -0.39 is 24.2 Å². The quantitative estimate of drug-likeness (QED) is 0.449. The molecule has 33 heavy (non-hydrogen) atoms. The zero-order valence-electron chi connectivity index (χ0n) is 16.5. The van der Waals surface area contributed by atoms with E-state index in [4.69, 9.17) is 39.6 Å². The van der Waals surface area contributed by atoms with Crippen molar-refractivity contribution in [3.63, 3.8) is 0 Å². The highest BCUT2D eigenvalue weighted by molar-refractivity contribution is 6.34. The minimum absolute atomic E-state index is 0.0447. The number of carbonyl (C=O) groups excluding carboxylic acids is 1. The number of hydrogen-bond donors (Lipinski definition) is 1. The highest BCUT2D eigenvalue weighted by atomic mass is 35.5. The van der Waals surface area contributed by atoms with Gasteiger partial charge in [0.1, 0.15) is 6.33 Å². The molecule has 1 unspecified atom stereocenters. The SMILES string of the molecule is O=C(NCc1ccc(C2=NOC(c3cc(Cl)cc(Cl)c3)(C(F)(F)F)C2)cc1Cl)n1ccnc1. The van der Waals surface area contributed by atoms with Crippen LogP contribution in [0, 0.1) is 0 Å². The minimum Gasteiger partial charge on any atom is -0.374 e. The van der Waals surface area contributed by atoms with Gasteiger partial charge in [-0.05, 0) is 29.8 Å². The summed E-state index contributed by atoms with van der Waals surface area (Å²) in [7, 11) is 0. The van der Waals surface area contributed by atoms with Gasteiger partial charge in [-0.15, -0.1) is 0 Å². The summed E-state index contributed by atoms with van der Waals surface area (Å²) in [5, 5.41) is 6.72. The lowest BCUT2D eigenvalue weighted by Crippen LogP contribution is -2.42. The van der Waals surface area contributed by atoms with E-state index in [0.29, 0.717) is 11.1 Å². The van der Waals surface area contributed by atoms with E-state index >= 15 is 0 Å². The van der Waals surface area contributed by atoms with Gasteiger partial charge in [0, 0.05) is 51.6 Å². The number of nitrogens with one attached hydrogen (secondary N) is 1. The summed E-state index contributed by atoms with van der Waals surface area (Å²) >= 11 is 18.2. The van der Waals surface area contributed by atoms with E-state index in [-0.39, 0.29) is 32.9 Å². The lowest BCUT2D eigenvalue weighted by molar-refractivity contribution is -0.275. The average molecular weight is 518 g/mol. The first kappa shape index (κ1) is 23.4. The van der Waals surface area contributed by atoms with E-state index in [1.54, 1.807) is 12.1 Å². The number of aromatic nitrogens is 2. The average Bonchev–Trinajstić information content (AvgIpc) is 3.42. The molecule has 0 bridgehead atoms. The Bertz CT molecular complexity index is 1210. The zero-order chi connectivity index (χ0) is 23.8. The molecule has 6 nitrogen and oxygen atoms in total. The van der Waals surface area contributed by atoms with E-state index in [9.17, 15) is 18.0 Å². The van der Waals surface area contributed by atoms with Crippen LogP contribution in [0.3, 0.4) is 0 Å². The van der Waals surface area contributed by atoms with Crippen LogP contribution in [0.25, 0.3) is 0 Å². The summed E-state index contributed by atoms with van der Waals surface area (Å²) in [6.07, 6.45) is -1.10. The standard InChI is InChI=1S/C21H14Cl3F3N4O2/c22-15-6-14(7-16(23)8-15)20(21(25,26)27)9-18(30-33-20)12-1-2-13(17(24)5-12)10-29-19(32)31-4-3-28-11-31/h1-8,11H,9-10H2,(H,29,32). The first-order chi connectivity index (χ1) is 15.6. The molecule has 1 N–H and O–H groups in total. The first-order valence-corrected chi connectivity index (χ1v) is 10.6. The Morgan fingerprint density at radius 2 is 1.88 bits per heavy atom. The smallest absolute Gasteiger partial charge is 0.374 e. The number of nitrogens with zero attached hydrogens (tertiary/aromatic N) is 3. The highest BCUT2D eigenvalue weighted by Crippen LogP contribution is 2.49. The topological polar surface area (TPSA) is 68.5 Å². The van der Waals surface area contributed by atoms with Crippen molar-refractivity contribution in [2.24, 2.45) is 5.16 Å². The summed E-state index contributed by atoms with van der Waals surface area (Å²) in [4.78, 5) is 20.8. The van der Waals surface area contributed by atoms with Crippen molar-refractivity contribution in [3.05, 3.63) is 86.9 Å². The molecule has 0 spiro atoms. The van der Waals surface area contributed by atoms with Gasteiger partial charge in [-0.25, -0.2) is 9.78 Å². The van der Waals surface area contributed by atoms with Crippen LogP contribution in [-0.4, -0.2) is 27.5 Å². The number of oxime groups is 1. The number of amides is 1. The second-order valence-electron chi connectivity index (χ2n) is 7.22. The molecule has 2 heterocycles. The number of hydrogen-bond acceptors (Lipinski definition) is 4. The number of imidazole rings is 1. The molecule has 4 rings (SSSR count). The van der Waals surface area contributed by atoms with Gasteiger partial charge < -0.3 is 10.2 Å². The molecule has 1 atom stereocenters. The predicted octanol–water partition coefficient (Wildman–Crippen LogP) is 6.18. The Kier molecular flexibility index (Phi) is 6.30. The van der Waals surface area contributed by atoms with Crippen LogP contribution in [0.5, 0.6) is 0 Å². The molecule has 1 amide bonds. The van der Waals surface area contributed by atoms with Gasteiger partial charge in [-0.1, -0.05) is 52.1 Å². The predicted molar refractivity (Wildman–Crippen MR) is 118 cm³/mol. The molecule has 172 valence electrons. The molecule has 1 aliphatic heterocycles. The Labute approximate surface area is 200 Å². The Balaban J connectivity index is 1.55. The van der Waals surface area contributed by atoms with Crippen LogP contribution in [0.2, 0.25) is 15.1 Å². The fraction of sp³-hybridized carbons (Fsp3) is 0.190. The largest absolute Gasteiger partial charge is 0.435 e. The molecule has 12 heteroatoms. The van der Waals surface area contributed by atoms with Crippen molar-refractivity contribution in [2.75, 3.05) is 0 Å². The summed E-state index contributed by atoms with van der Waals surface area (Å²) in [5.74, 6) is 0. The molecule has 2 aromatic carbocycles. The van der Waals surface area contributed by atoms with Gasteiger partial charge in [-0.3, -0.25) is 4.57 Å². The van der Waals surface area contributed by atoms with Crippen LogP contribution < -0.4 is 5.32 Å². The molecule has 1 aromatic heterocycles. The second-order valence-corrected chi connectivity index (χ2v) is 8.50. The van der Waals surface area contributed by atoms with Gasteiger partial charge in [0.05, 0.1) is 5.71 Å². The van der Waals surface area contributed by atoms with Crippen LogP contribution in [0.15, 0.2) is 60.3 Å². The summed E-state index contributed by atoms with van der Waals surface area (Å²) in [6, 6.07) is 7.85.